The van der Waals surface area contributed by atoms with Gasteiger partial charge in [-0.2, -0.15) is 0 Å². The maximum absolute atomic E-state index is 13.9. The fourth-order valence-electron chi connectivity index (χ4n) is 3.95. The van der Waals surface area contributed by atoms with Gasteiger partial charge < -0.3 is 15.0 Å². The van der Waals surface area contributed by atoms with Crippen LogP contribution in [0.15, 0.2) is 77.7 Å². The second-order valence-corrected chi connectivity index (χ2v) is 12.0. The fourth-order valence-corrected chi connectivity index (χ4v) is 5.49. The van der Waals surface area contributed by atoms with Crippen molar-refractivity contribution in [2.45, 2.75) is 57.6 Å². The lowest BCUT2D eigenvalue weighted by molar-refractivity contribution is -0.139. The number of amides is 2. The van der Waals surface area contributed by atoms with E-state index in [1.807, 2.05) is 45.0 Å². The number of carbonyl (C=O) groups excluding carboxylic acids is 2. The first-order valence-corrected chi connectivity index (χ1v) is 14.9. The summed E-state index contributed by atoms with van der Waals surface area (Å²) in [6.07, 6.45) is 0.731. The molecule has 0 aliphatic heterocycles. The van der Waals surface area contributed by atoms with Crippen molar-refractivity contribution in [3.05, 3.63) is 88.9 Å². The number of anilines is 1. The van der Waals surface area contributed by atoms with Gasteiger partial charge in [-0.25, -0.2) is 8.42 Å². The van der Waals surface area contributed by atoms with E-state index < -0.39 is 28.5 Å². The minimum Gasteiger partial charge on any atom is -0.497 e. The smallest absolute Gasteiger partial charge is 0.264 e. The van der Waals surface area contributed by atoms with Crippen molar-refractivity contribution in [1.29, 1.82) is 0 Å². The van der Waals surface area contributed by atoms with Gasteiger partial charge in [-0.05, 0) is 81.3 Å². The number of halogens is 1. The average molecular weight is 586 g/mol. The molecule has 0 bridgehead atoms. The SMILES string of the molecule is CC[C@@H](C)NC(=O)[C@H](C)N(Cc1ccc(C)cc1)C(=O)CN(c1ccc(Cl)cc1)S(=O)(=O)c1ccc(OC)cc1. The zero-order valence-corrected chi connectivity index (χ0v) is 25.0. The van der Waals surface area contributed by atoms with Crippen LogP contribution in [0.3, 0.4) is 0 Å². The lowest BCUT2D eigenvalue weighted by Gasteiger charge is -2.32. The number of nitrogens with zero attached hydrogens (tertiary/aromatic N) is 2. The molecule has 3 rings (SSSR count). The highest BCUT2D eigenvalue weighted by Gasteiger charge is 2.32. The molecule has 2 amide bonds. The van der Waals surface area contributed by atoms with Crippen molar-refractivity contribution in [2.75, 3.05) is 18.0 Å². The second kappa shape index (κ2) is 13.7. The minimum absolute atomic E-state index is 0.0105. The lowest BCUT2D eigenvalue weighted by Crippen LogP contribution is -2.52. The Balaban J connectivity index is 2.01. The third-order valence-electron chi connectivity index (χ3n) is 6.68. The predicted molar refractivity (Wildman–Crippen MR) is 158 cm³/mol. The van der Waals surface area contributed by atoms with Crippen molar-refractivity contribution < 1.29 is 22.7 Å². The van der Waals surface area contributed by atoms with Crippen LogP contribution in [0.1, 0.15) is 38.3 Å². The molecule has 2 atom stereocenters. The highest BCUT2D eigenvalue weighted by Crippen LogP contribution is 2.27. The Morgan fingerprint density at radius 1 is 0.950 bits per heavy atom. The van der Waals surface area contributed by atoms with E-state index in [4.69, 9.17) is 16.3 Å². The maximum atomic E-state index is 13.9. The Morgan fingerprint density at radius 3 is 2.10 bits per heavy atom. The largest absolute Gasteiger partial charge is 0.497 e. The summed E-state index contributed by atoms with van der Waals surface area (Å²) in [4.78, 5) is 28.5. The van der Waals surface area contributed by atoms with Crippen LogP contribution in [-0.2, 0) is 26.2 Å². The summed E-state index contributed by atoms with van der Waals surface area (Å²) in [5.41, 5.74) is 2.14. The Bertz CT molecular complexity index is 1390. The van der Waals surface area contributed by atoms with Crippen molar-refractivity contribution >= 4 is 39.1 Å². The highest BCUT2D eigenvalue weighted by molar-refractivity contribution is 7.92. The first-order valence-electron chi connectivity index (χ1n) is 13.0. The molecule has 10 heteroatoms. The Labute approximate surface area is 241 Å². The van der Waals surface area contributed by atoms with Crippen molar-refractivity contribution in [1.82, 2.24) is 10.2 Å². The number of ether oxygens (including phenoxy) is 1. The quantitative estimate of drug-likeness (QED) is 0.316. The number of rotatable bonds is 12. The summed E-state index contributed by atoms with van der Waals surface area (Å²) in [5, 5.41) is 3.35. The van der Waals surface area contributed by atoms with Crippen LogP contribution in [0, 0.1) is 6.92 Å². The normalized spacial score (nSPS) is 12.8. The minimum atomic E-state index is -4.18. The molecule has 0 unspecified atom stereocenters. The number of carbonyl (C=O) groups is 2. The summed E-state index contributed by atoms with van der Waals surface area (Å²) in [6, 6.07) is 18.8. The van der Waals surface area contributed by atoms with Gasteiger partial charge in [-0.3, -0.25) is 13.9 Å². The molecule has 0 saturated heterocycles. The Morgan fingerprint density at radius 2 is 1.55 bits per heavy atom. The van der Waals surface area contributed by atoms with Gasteiger partial charge >= 0.3 is 0 Å². The van der Waals surface area contributed by atoms with Crippen molar-refractivity contribution in [2.24, 2.45) is 0 Å². The molecule has 0 aromatic heterocycles. The molecule has 40 heavy (non-hydrogen) atoms. The van der Waals surface area contributed by atoms with Gasteiger partial charge in [0, 0.05) is 17.6 Å². The van der Waals surface area contributed by atoms with Crippen LogP contribution < -0.4 is 14.4 Å². The average Bonchev–Trinajstić information content (AvgIpc) is 2.95. The van der Waals surface area contributed by atoms with Crippen molar-refractivity contribution in [3.8, 4) is 5.75 Å². The molecule has 1 N–H and O–H groups in total. The molecular formula is C30H36ClN3O5S. The summed E-state index contributed by atoms with van der Waals surface area (Å²) < 4.78 is 33.9. The second-order valence-electron chi connectivity index (χ2n) is 9.66. The van der Waals surface area contributed by atoms with Gasteiger partial charge in [0.15, 0.2) is 0 Å². The van der Waals surface area contributed by atoms with E-state index in [1.54, 1.807) is 43.3 Å². The molecule has 214 valence electrons. The third-order valence-corrected chi connectivity index (χ3v) is 8.72. The summed E-state index contributed by atoms with van der Waals surface area (Å²) >= 11 is 6.07. The van der Waals surface area contributed by atoms with E-state index in [0.29, 0.717) is 10.8 Å². The summed E-state index contributed by atoms with van der Waals surface area (Å²) in [5.74, 6) is -0.344. The van der Waals surface area contributed by atoms with Gasteiger partial charge in [-0.15, -0.1) is 0 Å². The van der Waals surface area contributed by atoms with E-state index in [2.05, 4.69) is 5.32 Å². The van der Waals surface area contributed by atoms with E-state index in [1.165, 1.54) is 24.1 Å². The summed E-state index contributed by atoms with van der Waals surface area (Å²) in [6.45, 7) is 7.06. The molecule has 3 aromatic rings. The molecular weight excluding hydrogens is 550 g/mol. The summed E-state index contributed by atoms with van der Waals surface area (Å²) in [7, 11) is -2.69. The molecule has 8 nitrogen and oxygen atoms in total. The lowest BCUT2D eigenvalue weighted by atomic mass is 10.1. The fraction of sp³-hybridized carbons (Fsp3) is 0.333. The molecule has 0 fully saturated rings. The molecule has 0 aliphatic carbocycles. The van der Waals surface area contributed by atoms with Crippen LogP contribution in [0.25, 0.3) is 0 Å². The van der Waals surface area contributed by atoms with Gasteiger partial charge in [-0.1, -0.05) is 48.4 Å². The van der Waals surface area contributed by atoms with Crippen LogP contribution in [0.2, 0.25) is 5.02 Å². The maximum Gasteiger partial charge on any atom is 0.264 e. The van der Waals surface area contributed by atoms with Gasteiger partial charge in [0.25, 0.3) is 10.0 Å². The monoisotopic (exact) mass is 585 g/mol. The number of hydrogen-bond acceptors (Lipinski definition) is 5. The zero-order valence-electron chi connectivity index (χ0n) is 23.4. The molecule has 0 heterocycles. The van der Waals surface area contributed by atoms with E-state index in [0.717, 1.165) is 21.9 Å². The topological polar surface area (TPSA) is 96.0 Å². The number of aryl methyl sites for hydroxylation is 1. The molecule has 0 spiro atoms. The molecule has 0 aliphatic rings. The third kappa shape index (κ3) is 7.76. The number of hydrogen-bond donors (Lipinski definition) is 1. The molecule has 0 saturated carbocycles. The number of methoxy groups -OCH3 is 1. The van der Waals surface area contributed by atoms with Crippen LogP contribution in [0.4, 0.5) is 5.69 Å². The predicted octanol–water partition coefficient (Wildman–Crippen LogP) is 5.18. The van der Waals surface area contributed by atoms with E-state index in [9.17, 15) is 18.0 Å². The van der Waals surface area contributed by atoms with Gasteiger partial charge in [0.2, 0.25) is 11.8 Å². The first-order chi connectivity index (χ1) is 19.0. The number of nitrogens with one attached hydrogen (secondary N) is 1. The highest BCUT2D eigenvalue weighted by atomic mass is 35.5. The van der Waals surface area contributed by atoms with Crippen molar-refractivity contribution in [3.63, 3.8) is 0 Å². The van der Waals surface area contributed by atoms with Gasteiger partial charge in [0.05, 0.1) is 17.7 Å². The van der Waals surface area contributed by atoms with Gasteiger partial charge in [0.1, 0.15) is 18.3 Å². The molecule has 0 radical (unpaired) electrons. The number of benzene rings is 3. The number of sulfonamides is 1. The Kier molecular flexibility index (Phi) is 10.6. The van der Waals surface area contributed by atoms with E-state index >= 15 is 0 Å². The van der Waals surface area contributed by atoms with E-state index in [-0.39, 0.29) is 29.1 Å². The van der Waals surface area contributed by atoms with Crippen LogP contribution in [-0.4, -0.2) is 50.9 Å². The molecule has 3 aromatic carbocycles. The van der Waals surface area contributed by atoms with Crippen LogP contribution >= 0.6 is 11.6 Å². The Hall–Kier alpha value is -3.56. The first kappa shape index (κ1) is 31.0. The van der Waals surface area contributed by atoms with Crippen LogP contribution in [0.5, 0.6) is 5.75 Å². The standard InChI is InChI=1S/C30H36ClN3O5S/c1-6-22(3)32-30(36)23(4)33(19-24-9-7-21(2)8-10-24)29(35)20-34(26-13-11-25(31)12-14-26)40(37,38)28-17-15-27(39-5)16-18-28/h7-18,22-23H,6,19-20H2,1-5H3,(H,32,36)/t22-,23+/m1/s1. The zero-order chi connectivity index (χ0) is 29.4.